The van der Waals surface area contributed by atoms with Gasteiger partial charge in [0.05, 0.1) is 17.8 Å². The first-order chi connectivity index (χ1) is 10.8. The fourth-order valence-corrected chi connectivity index (χ4v) is 4.26. The third-order valence-electron chi connectivity index (χ3n) is 4.16. The summed E-state index contributed by atoms with van der Waals surface area (Å²) in [5.41, 5.74) is 5.83. The molecule has 1 aliphatic rings. The Labute approximate surface area is 137 Å². The van der Waals surface area contributed by atoms with E-state index in [1.54, 1.807) is 24.0 Å². The van der Waals surface area contributed by atoms with Crippen molar-refractivity contribution in [3.05, 3.63) is 24.3 Å². The van der Waals surface area contributed by atoms with Gasteiger partial charge in [0.25, 0.3) is 0 Å². The molecule has 2 N–H and O–H groups in total. The average Bonchev–Trinajstić information content (AvgIpc) is 2.54. The van der Waals surface area contributed by atoms with Gasteiger partial charge in [0, 0.05) is 25.0 Å². The van der Waals surface area contributed by atoms with Crippen LogP contribution in [0.25, 0.3) is 0 Å². The number of hydrogen-bond acceptors (Lipinski definition) is 5. The third-order valence-corrected chi connectivity index (χ3v) is 6.09. The molecule has 0 bridgehead atoms. The number of amides is 1. The monoisotopic (exact) mass is 340 g/mol. The molecule has 2 rings (SSSR count). The molecule has 1 saturated heterocycles. The highest BCUT2D eigenvalue weighted by Crippen LogP contribution is 2.20. The highest BCUT2D eigenvalue weighted by molar-refractivity contribution is 7.91. The predicted molar refractivity (Wildman–Crippen MR) is 88.0 cm³/mol. The highest BCUT2D eigenvalue weighted by atomic mass is 32.2. The number of nitrogens with two attached hydrogens (primary N) is 1. The molecule has 0 aliphatic carbocycles. The minimum atomic E-state index is -3.51. The van der Waals surface area contributed by atoms with Gasteiger partial charge in [-0.25, -0.2) is 8.42 Å². The number of rotatable bonds is 5. The number of ether oxygens (including phenoxy) is 1. The van der Waals surface area contributed by atoms with Gasteiger partial charge in [0.1, 0.15) is 5.75 Å². The van der Waals surface area contributed by atoms with Gasteiger partial charge in [0.15, 0.2) is 9.84 Å². The van der Waals surface area contributed by atoms with Gasteiger partial charge in [-0.3, -0.25) is 4.79 Å². The molecule has 1 amide bonds. The van der Waals surface area contributed by atoms with Gasteiger partial charge in [-0.05, 0) is 37.1 Å². The van der Waals surface area contributed by atoms with Crippen LogP contribution < -0.4 is 10.5 Å². The van der Waals surface area contributed by atoms with Crippen LogP contribution in [-0.2, 0) is 14.6 Å². The molecule has 1 atom stereocenters. The summed E-state index contributed by atoms with van der Waals surface area (Å²) in [5, 5.41) is 0. The summed E-state index contributed by atoms with van der Waals surface area (Å²) in [5.74, 6) is -0.288. The zero-order valence-corrected chi connectivity index (χ0v) is 14.4. The lowest BCUT2D eigenvalue weighted by Gasteiger charge is -2.32. The van der Waals surface area contributed by atoms with E-state index in [4.69, 9.17) is 10.5 Å². The van der Waals surface area contributed by atoms with Crippen molar-refractivity contribution in [2.45, 2.75) is 30.7 Å². The largest absolute Gasteiger partial charge is 0.497 e. The number of methoxy groups -OCH3 is 1. The fraction of sp³-hybridized carbons (Fsp3) is 0.562. The lowest BCUT2D eigenvalue weighted by Crippen LogP contribution is -2.45. The number of sulfone groups is 1. The minimum absolute atomic E-state index is 0.117. The molecule has 7 heteroatoms. The molecule has 23 heavy (non-hydrogen) atoms. The molecule has 1 aliphatic heterocycles. The molecule has 0 radical (unpaired) electrons. The van der Waals surface area contributed by atoms with Crippen molar-refractivity contribution in [1.82, 2.24) is 4.90 Å². The Morgan fingerprint density at radius 1 is 1.30 bits per heavy atom. The van der Waals surface area contributed by atoms with Crippen LogP contribution in [0.4, 0.5) is 0 Å². The van der Waals surface area contributed by atoms with E-state index in [0.29, 0.717) is 18.8 Å². The molecular weight excluding hydrogens is 316 g/mol. The molecule has 0 saturated carbocycles. The molecule has 1 aromatic carbocycles. The van der Waals surface area contributed by atoms with Gasteiger partial charge in [-0.15, -0.1) is 0 Å². The average molecular weight is 340 g/mol. The zero-order valence-electron chi connectivity index (χ0n) is 13.6. The van der Waals surface area contributed by atoms with Crippen LogP contribution in [0.1, 0.15) is 19.8 Å². The van der Waals surface area contributed by atoms with Crippen molar-refractivity contribution in [1.29, 1.82) is 0 Å². The summed E-state index contributed by atoms with van der Waals surface area (Å²) in [6, 6.07) is 6.35. The molecule has 6 nitrogen and oxygen atoms in total. The van der Waals surface area contributed by atoms with Crippen LogP contribution in [0.15, 0.2) is 29.2 Å². The van der Waals surface area contributed by atoms with Gasteiger partial charge in [0.2, 0.25) is 5.91 Å². The van der Waals surface area contributed by atoms with Crippen LogP contribution in [-0.4, -0.2) is 51.2 Å². The van der Waals surface area contributed by atoms with Crippen molar-refractivity contribution >= 4 is 15.7 Å². The summed E-state index contributed by atoms with van der Waals surface area (Å²) in [4.78, 5) is 14.3. The van der Waals surface area contributed by atoms with E-state index >= 15 is 0 Å². The number of nitrogens with zero attached hydrogens (tertiary/aromatic N) is 1. The van der Waals surface area contributed by atoms with Crippen LogP contribution in [0.5, 0.6) is 5.75 Å². The maximum absolute atomic E-state index is 12.4. The van der Waals surface area contributed by atoms with E-state index in [2.05, 4.69) is 0 Å². The molecule has 0 aromatic heterocycles. The number of hydrogen-bond donors (Lipinski definition) is 1. The van der Waals surface area contributed by atoms with Crippen molar-refractivity contribution < 1.29 is 17.9 Å². The van der Waals surface area contributed by atoms with E-state index < -0.39 is 15.8 Å². The van der Waals surface area contributed by atoms with Crippen molar-refractivity contribution in [3.63, 3.8) is 0 Å². The van der Waals surface area contributed by atoms with E-state index in [-0.39, 0.29) is 22.6 Å². The second-order valence-electron chi connectivity index (χ2n) is 6.02. The molecule has 1 unspecified atom stereocenters. The summed E-state index contributed by atoms with van der Waals surface area (Å²) in [6.45, 7) is 2.87. The Morgan fingerprint density at radius 3 is 2.39 bits per heavy atom. The predicted octanol–water partition coefficient (Wildman–Crippen LogP) is 1.05. The summed E-state index contributed by atoms with van der Waals surface area (Å²) >= 11 is 0. The number of piperidine rings is 1. The van der Waals surface area contributed by atoms with E-state index in [1.807, 2.05) is 0 Å². The summed E-state index contributed by atoms with van der Waals surface area (Å²) in [6.07, 6.45) is 1.54. The van der Waals surface area contributed by atoms with Crippen molar-refractivity contribution in [2.24, 2.45) is 11.7 Å². The fourth-order valence-electron chi connectivity index (χ4n) is 2.71. The lowest BCUT2D eigenvalue weighted by molar-refractivity contribution is -0.135. The normalized spacial score (nSPS) is 17.8. The Balaban J connectivity index is 2.02. The van der Waals surface area contributed by atoms with Crippen LogP contribution in [0, 0.1) is 5.92 Å². The first kappa shape index (κ1) is 17.7. The summed E-state index contributed by atoms with van der Waals surface area (Å²) in [7, 11) is -1.98. The van der Waals surface area contributed by atoms with Crippen LogP contribution in [0.3, 0.4) is 0 Å². The summed E-state index contributed by atoms with van der Waals surface area (Å²) < 4.78 is 29.9. The van der Waals surface area contributed by atoms with E-state index in [9.17, 15) is 13.2 Å². The van der Waals surface area contributed by atoms with Crippen molar-refractivity contribution in [2.75, 3.05) is 26.0 Å². The molecule has 128 valence electrons. The molecule has 1 fully saturated rings. The number of benzene rings is 1. The standard InChI is InChI=1S/C16H24N2O4S/c1-12(16(19)18-9-7-13(17)8-10-18)11-23(20,21)15-5-3-14(22-2)4-6-15/h3-6,12-13H,7-11,17H2,1-2H3. The highest BCUT2D eigenvalue weighted by Gasteiger charge is 2.28. The number of carbonyl (C=O) groups excluding carboxylic acids is 1. The number of likely N-dealkylation sites (tertiary alicyclic amines) is 1. The minimum Gasteiger partial charge on any atom is -0.497 e. The number of carbonyl (C=O) groups is 1. The second-order valence-corrected chi connectivity index (χ2v) is 8.05. The zero-order chi connectivity index (χ0) is 17.0. The quantitative estimate of drug-likeness (QED) is 0.865. The first-order valence-corrected chi connectivity index (χ1v) is 9.40. The lowest BCUT2D eigenvalue weighted by atomic mass is 10.0. The first-order valence-electron chi connectivity index (χ1n) is 7.74. The van der Waals surface area contributed by atoms with Crippen LogP contribution in [0.2, 0.25) is 0 Å². The topological polar surface area (TPSA) is 89.7 Å². The Morgan fingerprint density at radius 2 is 1.87 bits per heavy atom. The molecule has 0 spiro atoms. The smallest absolute Gasteiger partial charge is 0.226 e. The Hall–Kier alpha value is -1.60. The van der Waals surface area contributed by atoms with Gasteiger partial charge in [-0.1, -0.05) is 6.92 Å². The molecule has 1 aromatic rings. The molecular formula is C16H24N2O4S. The van der Waals surface area contributed by atoms with Crippen molar-refractivity contribution in [3.8, 4) is 5.75 Å². The maximum atomic E-state index is 12.4. The third kappa shape index (κ3) is 4.45. The van der Waals surface area contributed by atoms with E-state index in [0.717, 1.165) is 12.8 Å². The Kier molecular flexibility index (Phi) is 5.64. The van der Waals surface area contributed by atoms with Gasteiger partial charge >= 0.3 is 0 Å². The SMILES string of the molecule is COc1ccc(S(=O)(=O)CC(C)C(=O)N2CCC(N)CC2)cc1. The second kappa shape index (κ2) is 7.31. The van der Waals surface area contributed by atoms with Gasteiger partial charge in [-0.2, -0.15) is 0 Å². The Bertz CT molecular complexity index is 635. The van der Waals surface area contributed by atoms with E-state index in [1.165, 1.54) is 19.2 Å². The van der Waals surface area contributed by atoms with Gasteiger partial charge < -0.3 is 15.4 Å². The maximum Gasteiger partial charge on any atom is 0.226 e. The van der Waals surface area contributed by atoms with Crippen LogP contribution >= 0.6 is 0 Å². The molecule has 1 heterocycles.